The second-order valence-electron chi connectivity index (χ2n) is 8.91. The van der Waals surface area contributed by atoms with E-state index in [1.165, 1.54) is 28.4 Å². The van der Waals surface area contributed by atoms with Gasteiger partial charge in [-0.15, -0.1) is 0 Å². The number of ether oxygens (including phenoxy) is 8. The molecule has 10 nitrogen and oxygen atoms in total. The number of hydrogen-bond donors (Lipinski definition) is 0. The van der Waals surface area contributed by atoms with Crippen molar-refractivity contribution >= 4 is 17.8 Å². The van der Waals surface area contributed by atoms with Gasteiger partial charge in [-0.05, 0) is 48.0 Å². The van der Waals surface area contributed by atoms with Crippen LogP contribution in [0.15, 0.2) is 42.2 Å². The largest absolute Gasteiger partial charge is 0.493 e. The second kappa shape index (κ2) is 9.46. The van der Waals surface area contributed by atoms with E-state index < -0.39 is 11.9 Å². The second-order valence-corrected chi connectivity index (χ2v) is 8.91. The van der Waals surface area contributed by atoms with Gasteiger partial charge < -0.3 is 37.9 Å². The van der Waals surface area contributed by atoms with Gasteiger partial charge in [0.25, 0.3) is 0 Å². The van der Waals surface area contributed by atoms with Crippen LogP contribution in [0.3, 0.4) is 0 Å². The Balaban J connectivity index is 1.45. The molecule has 0 spiro atoms. The molecular formula is C29H24O10. The molecule has 0 saturated heterocycles. The number of methoxy groups -OCH3 is 4. The molecule has 0 aliphatic carbocycles. The van der Waals surface area contributed by atoms with Crippen molar-refractivity contribution in [3.63, 3.8) is 0 Å². The number of hydrogen-bond acceptors (Lipinski definition) is 10. The van der Waals surface area contributed by atoms with Crippen LogP contribution in [0.2, 0.25) is 0 Å². The van der Waals surface area contributed by atoms with E-state index in [0.717, 1.165) is 5.56 Å². The molecule has 0 fully saturated rings. The van der Waals surface area contributed by atoms with Gasteiger partial charge in [0, 0.05) is 17.0 Å². The summed E-state index contributed by atoms with van der Waals surface area (Å²) in [6, 6.07) is 10.3. The van der Waals surface area contributed by atoms with Gasteiger partial charge in [-0.25, -0.2) is 0 Å². The van der Waals surface area contributed by atoms with Crippen molar-refractivity contribution < 1.29 is 47.5 Å². The van der Waals surface area contributed by atoms with Crippen LogP contribution in [0, 0.1) is 0 Å². The summed E-state index contributed by atoms with van der Waals surface area (Å²) in [5.41, 5.74) is 2.24. The minimum atomic E-state index is -0.484. The van der Waals surface area contributed by atoms with E-state index in [4.69, 9.17) is 37.9 Å². The average molecular weight is 533 g/mol. The van der Waals surface area contributed by atoms with E-state index >= 15 is 0 Å². The zero-order chi connectivity index (χ0) is 27.3. The van der Waals surface area contributed by atoms with Crippen LogP contribution in [0.5, 0.6) is 46.0 Å². The van der Waals surface area contributed by atoms with Gasteiger partial charge in [0.05, 0.1) is 40.4 Å². The van der Waals surface area contributed by atoms with Crippen LogP contribution >= 0.6 is 0 Å². The molecule has 200 valence electrons. The lowest BCUT2D eigenvalue weighted by Gasteiger charge is -2.26. The van der Waals surface area contributed by atoms with Crippen LogP contribution < -0.4 is 37.9 Å². The molecular weight excluding hydrogens is 508 g/mol. The molecule has 1 unspecified atom stereocenters. The van der Waals surface area contributed by atoms with Gasteiger partial charge in [-0.2, -0.15) is 0 Å². The Morgan fingerprint density at radius 3 is 2.33 bits per heavy atom. The highest BCUT2D eigenvalue weighted by atomic mass is 16.7. The van der Waals surface area contributed by atoms with Gasteiger partial charge in [0.2, 0.25) is 24.1 Å². The van der Waals surface area contributed by atoms with Gasteiger partial charge in [0.15, 0.2) is 28.8 Å². The van der Waals surface area contributed by atoms with Crippen molar-refractivity contribution in [3.8, 4) is 46.0 Å². The van der Waals surface area contributed by atoms with Gasteiger partial charge in [-0.1, -0.05) is 0 Å². The molecule has 3 aromatic rings. The number of carbonyl (C=O) groups excluding carboxylic acids is 2. The van der Waals surface area contributed by atoms with Crippen molar-refractivity contribution in [1.29, 1.82) is 0 Å². The van der Waals surface area contributed by atoms with Crippen LogP contribution in [0.4, 0.5) is 0 Å². The number of carbonyl (C=O) groups is 2. The molecule has 39 heavy (non-hydrogen) atoms. The van der Waals surface area contributed by atoms with Crippen molar-refractivity contribution in [1.82, 2.24) is 0 Å². The van der Waals surface area contributed by atoms with Gasteiger partial charge in [-0.3, -0.25) is 9.59 Å². The molecule has 0 N–H and O–H groups in total. The quantitative estimate of drug-likeness (QED) is 0.256. The minimum absolute atomic E-state index is 0.0341. The predicted octanol–water partition coefficient (Wildman–Crippen LogP) is 4.51. The summed E-state index contributed by atoms with van der Waals surface area (Å²) >= 11 is 0. The first kappa shape index (κ1) is 24.5. The Morgan fingerprint density at radius 2 is 1.59 bits per heavy atom. The summed E-state index contributed by atoms with van der Waals surface area (Å²) in [6.45, 7) is 0.0687. The third kappa shape index (κ3) is 3.87. The predicted molar refractivity (Wildman–Crippen MR) is 137 cm³/mol. The summed E-state index contributed by atoms with van der Waals surface area (Å²) in [5, 5.41) is 0. The van der Waals surface area contributed by atoms with Crippen LogP contribution in [0.1, 0.15) is 39.4 Å². The van der Waals surface area contributed by atoms with Crippen LogP contribution in [-0.4, -0.2) is 47.0 Å². The van der Waals surface area contributed by atoms with E-state index in [1.807, 2.05) is 0 Å². The molecule has 1 atom stereocenters. The molecule has 10 heteroatoms. The molecule has 6 rings (SSSR count). The fraction of sp³-hybridized carbons (Fsp3) is 0.241. The van der Waals surface area contributed by atoms with Crippen molar-refractivity contribution in [2.45, 2.75) is 12.3 Å². The molecule has 0 aromatic heterocycles. The smallest absolute Gasteiger partial charge is 0.312 e. The molecule has 0 radical (unpaired) electrons. The minimum Gasteiger partial charge on any atom is -0.493 e. The SMILES string of the molecule is COc1cc(C2CC(=O)Oc3ccc4c(c32)O/C(=C\c2ccc(OC)c(OC)c2OC)C4=O)cc2c1OCO2. The molecule has 3 heterocycles. The third-order valence-electron chi connectivity index (χ3n) is 6.88. The summed E-state index contributed by atoms with van der Waals surface area (Å²) in [6.07, 6.45) is 1.62. The van der Waals surface area contributed by atoms with Crippen LogP contribution in [-0.2, 0) is 4.79 Å². The highest BCUT2D eigenvalue weighted by Crippen LogP contribution is 2.52. The summed E-state index contributed by atoms with van der Waals surface area (Å²) in [4.78, 5) is 26.1. The first-order chi connectivity index (χ1) is 19.0. The first-order valence-corrected chi connectivity index (χ1v) is 12.1. The summed E-state index contributed by atoms with van der Waals surface area (Å²) < 4.78 is 44.7. The summed E-state index contributed by atoms with van der Waals surface area (Å²) in [7, 11) is 6.06. The maximum Gasteiger partial charge on any atom is 0.312 e. The fourth-order valence-electron chi connectivity index (χ4n) is 5.12. The maximum absolute atomic E-state index is 13.5. The topological polar surface area (TPSA) is 108 Å². The number of esters is 1. The highest BCUT2D eigenvalue weighted by molar-refractivity contribution is 6.15. The van der Waals surface area contributed by atoms with Gasteiger partial charge >= 0.3 is 5.97 Å². The molecule has 3 aromatic carbocycles. The lowest BCUT2D eigenvalue weighted by Crippen LogP contribution is -2.21. The Morgan fingerprint density at radius 1 is 0.795 bits per heavy atom. The van der Waals surface area contributed by atoms with Crippen LogP contribution in [0.25, 0.3) is 6.08 Å². The number of rotatable bonds is 6. The number of Topliss-reactive ketones (excluding diaryl/α,β-unsaturated/α-hetero) is 1. The van der Waals surface area contributed by atoms with Crippen molar-refractivity contribution in [2.24, 2.45) is 0 Å². The standard InChI is InChI=1S/C29H24O10/c1-32-19-7-5-14(26(34-3)29(19)35-4)9-20-25(31)16-6-8-18-24(27(16)39-20)17(12-23(30)38-18)15-10-21(33-2)28-22(11-15)36-13-37-28/h5-11,17H,12-13H2,1-4H3/b20-9-. The zero-order valence-electron chi connectivity index (χ0n) is 21.6. The number of ketones is 1. The van der Waals surface area contributed by atoms with Crippen molar-refractivity contribution in [3.05, 3.63) is 64.4 Å². The van der Waals surface area contributed by atoms with E-state index in [2.05, 4.69) is 0 Å². The van der Waals surface area contributed by atoms with E-state index in [1.54, 1.807) is 42.5 Å². The normalized spacial score (nSPS) is 17.7. The monoisotopic (exact) mass is 532 g/mol. The Kier molecular flexibility index (Phi) is 5.94. The van der Waals surface area contributed by atoms with Gasteiger partial charge in [0.1, 0.15) is 11.5 Å². The third-order valence-corrected chi connectivity index (χ3v) is 6.88. The number of allylic oxidation sites excluding steroid dienone is 1. The Labute approximate surface area is 223 Å². The fourth-order valence-corrected chi connectivity index (χ4v) is 5.12. The molecule has 0 amide bonds. The highest BCUT2D eigenvalue weighted by Gasteiger charge is 2.39. The number of benzene rings is 3. The van der Waals surface area contributed by atoms with Crippen molar-refractivity contribution in [2.75, 3.05) is 35.2 Å². The Bertz CT molecular complexity index is 1550. The van der Waals surface area contributed by atoms with E-state index in [9.17, 15) is 9.59 Å². The van der Waals surface area contributed by atoms with E-state index in [-0.39, 0.29) is 24.8 Å². The average Bonchev–Trinajstić information content (AvgIpc) is 3.55. The molecule has 0 saturated carbocycles. The maximum atomic E-state index is 13.5. The Hall–Kier alpha value is -4.86. The number of fused-ring (bicyclic) bond motifs is 4. The van der Waals surface area contributed by atoms with E-state index in [0.29, 0.717) is 62.7 Å². The molecule has 3 aliphatic heterocycles. The first-order valence-electron chi connectivity index (χ1n) is 12.1. The lowest BCUT2D eigenvalue weighted by molar-refractivity contribution is -0.135. The summed E-state index contributed by atoms with van der Waals surface area (Å²) in [5.74, 6) is 2.28. The molecule has 0 bridgehead atoms. The molecule has 3 aliphatic rings. The zero-order valence-corrected chi connectivity index (χ0v) is 21.6. The lowest BCUT2D eigenvalue weighted by atomic mass is 9.84.